The van der Waals surface area contributed by atoms with Gasteiger partial charge in [-0.3, -0.25) is 0 Å². The van der Waals surface area contributed by atoms with Gasteiger partial charge in [0.2, 0.25) is 0 Å². The number of rotatable bonds is 1. The van der Waals surface area contributed by atoms with Crippen LogP contribution in [0.25, 0.3) is 11.3 Å². The monoisotopic (exact) mass is 311 g/mol. The van der Waals surface area contributed by atoms with E-state index in [0.717, 1.165) is 12.1 Å². The lowest BCUT2D eigenvalue weighted by molar-refractivity contribution is -0.194. The minimum absolute atomic E-state index is 0.100. The second-order valence-electron chi connectivity index (χ2n) is 7.03. The Morgan fingerprint density at radius 3 is 2.83 bits per heavy atom. The van der Waals surface area contributed by atoms with Crippen molar-refractivity contribution in [2.75, 3.05) is 13.1 Å². The molecule has 3 heterocycles. The number of benzene rings is 1. The fraction of sp³-hybridized carbons (Fsp3) is 0.412. The summed E-state index contributed by atoms with van der Waals surface area (Å²) in [6, 6.07) is 8.37. The molecule has 1 unspecified atom stereocenters. The molecule has 3 aliphatic rings. The average molecular weight is 311 g/mol. The lowest BCUT2D eigenvalue weighted by atomic mass is 9.53. The molecule has 0 radical (unpaired) electrons. The number of aromatic nitrogens is 2. The van der Waals surface area contributed by atoms with Crippen LogP contribution in [-0.4, -0.2) is 50.0 Å². The summed E-state index contributed by atoms with van der Waals surface area (Å²) in [7, 11) is 0. The maximum Gasteiger partial charge on any atom is 0.407 e. The van der Waals surface area contributed by atoms with Crippen molar-refractivity contribution >= 4 is 6.09 Å². The predicted molar refractivity (Wildman–Crippen MR) is 81.9 cm³/mol. The summed E-state index contributed by atoms with van der Waals surface area (Å²) in [4.78, 5) is 16.6. The third-order valence-corrected chi connectivity index (χ3v) is 5.88. The standard InChI is InChI=1S/C17H17N3O3/c21-15-12(5-17(15)7-19(8-17)16(22)23)14-11-4-2-1-3-10(11)13-6-18-9-20(13)14/h1-4,6,9,12,14-15,21H,5,7-8H2,(H,22,23)/t12-,14?,15+/m1/s1. The van der Waals surface area contributed by atoms with E-state index in [1.54, 1.807) is 0 Å². The van der Waals surface area contributed by atoms with E-state index in [9.17, 15) is 9.90 Å². The Balaban J connectivity index is 1.45. The molecule has 1 aromatic heterocycles. The molecule has 2 fully saturated rings. The number of aliphatic hydroxyl groups is 1. The molecule has 3 atom stereocenters. The van der Waals surface area contributed by atoms with Crippen LogP contribution in [0.1, 0.15) is 18.0 Å². The molecule has 118 valence electrons. The molecule has 1 saturated carbocycles. The van der Waals surface area contributed by atoms with Crippen LogP contribution < -0.4 is 0 Å². The number of fused-ring (bicyclic) bond motifs is 3. The Labute approximate surface area is 133 Å². The number of amides is 1. The van der Waals surface area contributed by atoms with E-state index in [1.165, 1.54) is 16.0 Å². The van der Waals surface area contributed by atoms with Gasteiger partial charge in [-0.05, 0) is 12.0 Å². The van der Waals surface area contributed by atoms with E-state index in [0.29, 0.717) is 13.1 Å². The van der Waals surface area contributed by atoms with Gasteiger partial charge in [0.1, 0.15) is 0 Å². The van der Waals surface area contributed by atoms with Crippen LogP contribution in [0.2, 0.25) is 0 Å². The molecule has 1 saturated heterocycles. The van der Waals surface area contributed by atoms with Gasteiger partial charge >= 0.3 is 6.09 Å². The van der Waals surface area contributed by atoms with E-state index in [-0.39, 0.29) is 17.4 Å². The first kappa shape index (κ1) is 13.1. The lowest BCUT2D eigenvalue weighted by Crippen LogP contribution is -2.71. The van der Waals surface area contributed by atoms with Gasteiger partial charge in [0.25, 0.3) is 0 Å². The van der Waals surface area contributed by atoms with Crippen molar-refractivity contribution in [1.29, 1.82) is 0 Å². The molecule has 1 amide bonds. The number of carboxylic acid groups (broad SMARTS) is 1. The summed E-state index contributed by atoms with van der Waals surface area (Å²) in [6.45, 7) is 0.899. The molecule has 1 spiro atoms. The van der Waals surface area contributed by atoms with Gasteiger partial charge in [-0.2, -0.15) is 0 Å². The number of hydrogen-bond donors (Lipinski definition) is 2. The molecule has 5 rings (SSSR count). The fourth-order valence-electron chi connectivity index (χ4n) is 4.75. The van der Waals surface area contributed by atoms with Gasteiger partial charge in [0.15, 0.2) is 0 Å². The summed E-state index contributed by atoms with van der Waals surface area (Å²) < 4.78 is 2.15. The largest absolute Gasteiger partial charge is 0.465 e. The van der Waals surface area contributed by atoms with Gasteiger partial charge in [-0.15, -0.1) is 0 Å². The smallest absolute Gasteiger partial charge is 0.407 e. The first-order valence-electron chi connectivity index (χ1n) is 7.88. The summed E-state index contributed by atoms with van der Waals surface area (Å²) >= 11 is 0. The first-order valence-corrected chi connectivity index (χ1v) is 7.88. The molecule has 6 heteroatoms. The van der Waals surface area contributed by atoms with Crippen molar-refractivity contribution in [2.45, 2.75) is 18.6 Å². The third kappa shape index (κ3) is 1.51. The van der Waals surface area contributed by atoms with Gasteiger partial charge < -0.3 is 19.7 Å². The number of hydrogen-bond acceptors (Lipinski definition) is 3. The molecular formula is C17H17N3O3. The SMILES string of the molecule is O=C(O)N1CC2(C[C@H](C3c4ccccc4-c4cncn43)[C@@H]2O)C1. The van der Waals surface area contributed by atoms with Crippen molar-refractivity contribution in [2.24, 2.45) is 11.3 Å². The van der Waals surface area contributed by atoms with Crippen LogP contribution in [0.4, 0.5) is 4.79 Å². The van der Waals surface area contributed by atoms with Crippen molar-refractivity contribution in [3.05, 3.63) is 42.4 Å². The summed E-state index contributed by atoms with van der Waals surface area (Å²) in [5.41, 5.74) is 3.28. The summed E-state index contributed by atoms with van der Waals surface area (Å²) in [5.74, 6) is 0.113. The highest BCUT2D eigenvalue weighted by atomic mass is 16.4. The Morgan fingerprint density at radius 1 is 1.30 bits per heavy atom. The Bertz CT molecular complexity index is 809. The molecule has 1 aromatic carbocycles. The highest BCUT2D eigenvalue weighted by molar-refractivity contribution is 5.69. The highest BCUT2D eigenvalue weighted by Crippen LogP contribution is 2.59. The Morgan fingerprint density at radius 2 is 2.09 bits per heavy atom. The normalized spacial score (nSPS) is 29.6. The topological polar surface area (TPSA) is 78.6 Å². The van der Waals surface area contributed by atoms with Gasteiger partial charge in [-0.1, -0.05) is 24.3 Å². The molecular weight excluding hydrogens is 294 g/mol. The van der Waals surface area contributed by atoms with E-state index < -0.39 is 12.2 Å². The quantitative estimate of drug-likeness (QED) is 0.842. The zero-order chi connectivity index (χ0) is 15.8. The van der Waals surface area contributed by atoms with Gasteiger partial charge in [-0.25, -0.2) is 9.78 Å². The van der Waals surface area contributed by atoms with Crippen LogP contribution in [0.15, 0.2) is 36.8 Å². The van der Waals surface area contributed by atoms with Gasteiger partial charge in [0, 0.05) is 30.0 Å². The van der Waals surface area contributed by atoms with Gasteiger partial charge in [0.05, 0.1) is 30.4 Å². The maximum atomic E-state index is 11.0. The Hall–Kier alpha value is -2.34. The van der Waals surface area contributed by atoms with Crippen LogP contribution >= 0.6 is 0 Å². The molecule has 23 heavy (non-hydrogen) atoms. The van der Waals surface area contributed by atoms with Crippen LogP contribution in [0, 0.1) is 11.3 Å². The highest BCUT2D eigenvalue weighted by Gasteiger charge is 2.63. The number of carbonyl (C=O) groups is 1. The number of aliphatic hydroxyl groups excluding tert-OH is 1. The number of imidazole rings is 1. The van der Waals surface area contributed by atoms with Crippen molar-refractivity contribution in [3.63, 3.8) is 0 Å². The van der Waals surface area contributed by atoms with E-state index in [4.69, 9.17) is 5.11 Å². The second-order valence-corrected chi connectivity index (χ2v) is 7.03. The van der Waals surface area contributed by atoms with Crippen molar-refractivity contribution < 1.29 is 15.0 Å². The molecule has 6 nitrogen and oxygen atoms in total. The van der Waals surface area contributed by atoms with Crippen LogP contribution in [0.5, 0.6) is 0 Å². The van der Waals surface area contributed by atoms with Crippen molar-refractivity contribution in [1.82, 2.24) is 14.5 Å². The molecule has 2 aromatic rings. The Kier molecular flexibility index (Phi) is 2.36. The lowest BCUT2D eigenvalue weighted by Gasteiger charge is -2.62. The van der Waals surface area contributed by atoms with Crippen LogP contribution in [-0.2, 0) is 0 Å². The zero-order valence-corrected chi connectivity index (χ0v) is 12.5. The molecule has 2 N–H and O–H groups in total. The molecule has 0 bridgehead atoms. The van der Waals surface area contributed by atoms with E-state index in [2.05, 4.69) is 21.7 Å². The van der Waals surface area contributed by atoms with E-state index in [1.807, 2.05) is 24.7 Å². The fourth-order valence-corrected chi connectivity index (χ4v) is 4.75. The first-order chi connectivity index (χ1) is 11.1. The van der Waals surface area contributed by atoms with Crippen molar-refractivity contribution in [3.8, 4) is 11.3 Å². The third-order valence-electron chi connectivity index (χ3n) is 5.88. The maximum absolute atomic E-state index is 11.0. The van der Waals surface area contributed by atoms with Crippen LogP contribution in [0.3, 0.4) is 0 Å². The summed E-state index contributed by atoms with van der Waals surface area (Å²) in [6.07, 6.45) is 3.20. The number of likely N-dealkylation sites (tertiary alicyclic amines) is 1. The van der Waals surface area contributed by atoms with E-state index >= 15 is 0 Å². The summed E-state index contributed by atoms with van der Waals surface area (Å²) in [5, 5.41) is 19.8. The zero-order valence-electron chi connectivity index (χ0n) is 12.5. The second kappa shape index (κ2) is 4.14. The number of nitrogens with zero attached hydrogens (tertiary/aromatic N) is 3. The minimum Gasteiger partial charge on any atom is -0.465 e. The molecule has 2 aliphatic heterocycles. The molecule has 1 aliphatic carbocycles. The minimum atomic E-state index is -0.894. The average Bonchev–Trinajstić information content (AvgIpc) is 3.06. The predicted octanol–water partition coefficient (Wildman–Crippen LogP) is 1.81.